The number of aromatic amines is 1. The Morgan fingerprint density at radius 2 is 2.23 bits per heavy atom. The molecule has 4 rings (SSSR count). The number of amides is 2. The van der Waals surface area contributed by atoms with Crippen molar-refractivity contribution in [2.45, 2.75) is 38.2 Å². The van der Waals surface area contributed by atoms with Crippen LogP contribution in [0.25, 0.3) is 11.0 Å². The van der Waals surface area contributed by atoms with E-state index in [1.165, 1.54) is 0 Å². The Kier molecular flexibility index (Phi) is 5.68. The third kappa shape index (κ3) is 4.44. The highest BCUT2D eigenvalue weighted by Gasteiger charge is 2.30. The van der Waals surface area contributed by atoms with Crippen LogP contribution in [0, 0.1) is 17.4 Å². The zero-order valence-corrected chi connectivity index (χ0v) is 17.2. The van der Waals surface area contributed by atoms with Crippen molar-refractivity contribution in [2.75, 3.05) is 43.0 Å². The number of nitrogens with one attached hydrogen (secondary N) is 2. The van der Waals surface area contributed by atoms with Crippen molar-refractivity contribution in [2.24, 2.45) is 5.92 Å². The number of carbonyl (C=O) groups is 1. The zero-order chi connectivity index (χ0) is 21.1. The molecule has 2 aromatic rings. The molecule has 0 saturated carbocycles. The summed E-state index contributed by atoms with van der Waals surface area (Å²) in [6.07, 6.45) is 4.96. The average molecular weight is 412 g/mol. The summed E-state index contributed by atoms with van der Waals surface area (Å²) < 4.78 is 4.95. The van der Waals surface area contributed by atoms with Crippen LogP contribution in [0.1, 0.15) is 32.6 Å². The molecule has 9 heteroatoms. The number of nitriles is 1. The molecule has 0 bridgehead atoms. The van der Waals surface area contributed by atoms with Crippen LogP contribution in [-0.2, 0) is 4.74 Å². The summed E-state index contributed by atoms with van der Waals surface area (Å²) >= 11 is 0. The number of likely N-dealkylation sites (tertiary alicyclic amines) is 1. The predicted octanol–water partition coefficient (Wildman–Crippen LogP) is 2.66. The number of aliphatic hydroxyl groups is 1. The lowest BCUT2D eigenvalue weighted by atomic mass is 9.94. The first-order valence-corrected chi connectivity index (χ1v) is 10.5. The van der Waals surface area contributed by atoms with Gasteiger partial charge in [0.2, 0.25) is 5.95 Å². The number of H-pyrrole nitrogens is 1. The topological polar surface area (TPSA) is 118 Å². The smallest absolute Gasteiger partial charge is 0.324 e. The van der Waals surface area contributed by atoms with Crippen LogP contribution < -0.4 is 10.2 Å². The summed E-state index contributed by atoms with van der Waals surface area (Å²) in [6, 6.07) is 5.75. The number of anilines is 2. The molecular weight excluding hydrogens is 384 g/mol. The highest BCUT2D eigenvalue weighted by molar-refractivity contribution is 5.94. The van der Waals surface area contributed by atoms with E-state index in [1.807, 2.05) is 18.2 Å². The van der Waals surface area contributed by atoms with E-state index in [0.717, 1.165) is 42.7 Å². The largest absolute Gasteiger partial charge is 0.427 e. The Balaban J connectivity index is 1.47. The van der Waals surface area contributed by atoms with Gasteiger partial charge in [-0.05, 0) is 44.7 Å². The number of imidazole rings is 1. The minimum absolute atomic E-state index is 0.210. The van der Waals surface area contributed by atoms with Crippen molar-refractivity contribution in [3.8, 4) is 6.26 Å². The van der Waals surface area contributed by atoms with Crippen LogP contribution in [-0.4, -0.2) is 64.4 Å². The summed E-state index contributed by atoms with van der Waals surface area (Å²) in [4.78, 5) is 24.4. The predicted molar refractivity (Wildman–Crippen MR) is 113 cm³/mol. The number of benzene rings is 1. The second-order valence-electron chi connectivity index (χ2n) is 8.53. The van der Waals surface area contributed by atoms with Crippen LogP contribution in [0.5, 0.6) is 0 Å². The van der Waals surface area contributed by atoms with Crippen molar-refractivity contribution in [1.82, 2.24) is 14.9 Å². The van der Waals surface area contributed by atoms with E-state index in [2.05, 4.69) is 20.2 Å². The van der Waals surface area contributed by atoms with Gasteiger partial charge in [0.05, 0.1) is 16.8 Å². The maximum Gasteiger partial charge on any atom is 0.324 e. The number of hydrogen-bond acceptors (Lipinski definition) is 6. The number of carbonyl (C=O) groups excluding carboxylic acids is 1. The molecule has 0 radical (unpaired) electrons. The molecule has 2 aliphatic heterocycles. The lowest BCUT2D eigenvalue weighted by molar-refractivity contribution is 0.00569. The molecule has 0 aliphatic carbocycles. The van der Waals surface area contributed by atoms with Gasteiger partial charge in [-0.3, -0.25) is 5.32 Å². The Bertz CT molecular complexity index is 940. The fourth-order valence-electron chi connectivity index (χ4n) is 4.28. The Morgan fingerprint density at radius 3 is 3.00 bits per heavy atom. The Labute approximate surface area is 175 Å². The normalized spacial score (nSPS) is 21.3. The monoisotopic (exact) mass is 412 g/mol. The number of urea groups is 1. The number of para-hydroxylation sites is 1. The molecule has 3 N–H and O–H groups in total. The first-order chi connectivity index (χ1) is 14.4. The number of fused-ring (bicyclic) bond motifs is 1. The molecule has 1 unspecified atom stereocenters. The molecule has 1 atom stereocenters. The van der Waals surface area contributed by atoms with Gasteiger partial charge >= 0.3 is 6.03 Å². The number of ether oxygens (including phenoxy) is 1. The van der Waals surface area contributed by atoms with E-state index < -0.39 is 5.60 Å². The summed E-state index contributed by atoms with van der Waals surface area (Å²) in [7, 11) is 0. The van der Waals surface area contributed by atoms with Gasteiger partial charge in [-0.2, -0.15) is 5.26 Å². The van der Waals surface area contributed by atoms with E-state index >= 15 is 0 Å². The summed E-state index contributed by atoms with van der Waals surface area (Å²) in [5.74, 6) is 0.726. The van der Waals surface area contributed by atoms with Gasteiger partial charge < -0.3 is 24.6 Å². The van der Waals surface area contributed by atoms with Gasteiger partial charge in [0.15, 0.2) is 0 Å². The fourth-order valence-corrected chi connectivity index (χ4v) is 4.28. The second-order valence-corrected chi connectivity index (χ2v) is 8.53. The molecule has 2 amide bonds. The Hall–Kier alpha value is -2.99. The molecule has 1 aromatic carbocycles. The summed E-state index contributed by atoms with van der Waals surface area (Å²) in [6.45, 7) is 5.01. The molecule has 2 fully saturated rings. The molecule has 2 saturated heterocycles. The van der Waals surface area contributed by atoms with Crippen LogP contribution in [0.15, 0.2) is 18.2 Å². The third-order valence-electron chi connectivity index (χ3n) is 6.09. The number of piperidine rings is 2. The standard InChI is InChI=1S/C21H28N6O3/c1-21(29)7-10-26(11-8-21)20(28)25-19-23-16-5-2-6-17(18(16)24-19)27-9-3-4-15(12-27)13-30-14-22/h2,5-6,15,29H,3-4,7-13H2,1H3,(H2,23,24,25,28). The number of aromatic nitrogens is 2. The molecular formula is C21H28N6O3. The van der Waals surface area contributed by atoms with Crippen molar-refractivity contribution in [3.63, 3.8) is 0 Å². The van der Waals surface area contributed by atoms with Crippen molar-refractivity contribution in [1.29, 1.82) is 5.26 Å². The van der Waals surface area contributed by atoms with E-state index in [-0.39, 0.29) is 6.03 Å². The lowest BCUT2D eigenvalue weighted by Crippen LogP contribution is -2.46. The Morgan fingerprint density at radius 1 is 1.43 bits per heavy atom. The molecule has 2 aliphatic rings. The zero-order valence-electron chi connectivity index (χ0n) is 17.2. The van der Waals surface area contributed by atoms with Crippen molar-refractivity contribution in [3.05, 3.63) is 18.2 Å². The van der Waals surface area contributed by atoms with Crippen molar-refractivity contribution < 1.29 is 14.6 Å². The second kappa shape index (κ2) is 8.40. The number of hydrogen-bond donors (Lipinski definition) is 3. The van der Waals surface area contributed by atoms with Crippen LogP contribution in [0.4, 0.5) is 16.4 Å². The van der Waals surface area contributed by atoms with Crippen LogP contribution in [0.2, 0.25) is 0 Å². The molecule has 3 heterocycles. The van der Waals surface area contributed by atoms with E-state index in [9.17, 15) is 9.90 Å². The van der Waals surface area contributed by atoms with E-state index in [4.69, 9.17) is 10.00 Å². The molecule has 0 spiro atoms. The summed E-state index contributed by atoms with van der Waals surface area (Å²) in [5, 5.41) is 21.6. The highest BCUT2D eigenvalue weighted by Crippen LogP contribution is 2.30. The molecule has 160 valence electrons. The first kappa shape index (κ1) is 20.3. The van der Waals surface area contributed by atoms with Gasteiger partial charge in [-0.15, -0.1) is 0 Å². The quantitative estimate of drug-likeness (QED) is 0.665. The lowest BCUT2D eigenvalue weighted by Gasteiger charge is -2.35. The average Bonchev–Trinajstić information content (AvgIpc) is 3.14. The van der Waals surface area contributed by atoms with E-state index in [1.54, 1.807) is 18.1 Å². The fraction of sp³-hybridized carbons (Fsp3) is 0.571. The third-order valence-corrected chi connectivity index (χ3v) is 6.09. The van der Waals surface area contributed by atoms with Gasteiger partial charge in [-0.1, -0.05) is 6.07 Å². The minimum atomic E-state index is -0.699. The van der Waals surface area contributed by atoms with Gasteiger partial charge in [0, 0.05) is 32.1 Å². The molecule has 1 aromatic heterocycles. The number of nitrogens with zero attached hydrogens (tertiary/aromatic N) is 4. The maximum atomic E-state index is 12.6. The van der Waals surface area contributed by atoms with Gasteiger partial charge in [0.25, 0.3) is 6.26 Å². The van der Waals surface area contributed by atoms with E-state index in [0.29, 0.717) is 44.4 Å². The van der Waals surface area contributed by atoms with Crippen LogP contribution >= 0.6 is 0 Å². The maximum absolute atomic E-state index is 12.6. The SMILES string of the molecule is CC1(O)CCN(C(=O)Nc2nc3c(N4CCCC(COC#N)C4)cccc3[nH]2)CC1. The minimum Gasteiger partial charge on any atom is -0.427 e. The van der Waals surface area contributed by atoms with Gasteiger partial charge in [-0.25, -0.2) is 9.78 Å². The summed E-state index contributed by atoms with van der Waals surface area (Å²) in [5.41, 5.74) is 1.99. The first-order valence-electron chi connectivity index (χ1n) is 10.5. The highest BCUT2D eigenvalue weighted by atomic mass is 16.5. The van der Waals surface area contributed by atoms with Crippen molar-refractivity contribution >= 4 is 28.7 Å². The molecule has 9 nitrogen and oxygen atoms in total. The van der Waals surface area contributed by atoms with Crippen LogP contribution in [0.3, 0.4) is 0 Å². The van der Waals surface area contributed by atoms with Gasteiger partial charge in [0.1, 0.15) is 12.1 Å². The number of rotatable bonds is 4. The molecule has 30 heavy (non-hydrogen) atoms.